The van der Waals surface area contributed by atoms with Crippen LogP contribution in [-0.2, 0) is 0 Å². The van der Waals surface area contributed by atoms with Crippen molar-refractivity contribution in [2.24, 2.45) is 5.84 Å². The molecule has 0 radical (unpaired) electrons. The van der Waals surface area contributed by atoms with Gasteiger partial charge in [-0.2, -0.15) is 0 Å². The maximum Gasteiger partial charge on any atom is 0.194 e. The van der Waals surface area contributed by atoms with E-state index in [0.29, 0.717) is 16.0 Å². The second-order valence-electron chi connectivity index (χ2n) is 3.79. The fourth-order valence-corrected chi connectivity index (χ4v) is 2.16. The van der Waals surface area contributed by atoms with Crippen molar-refractivity contribution in [3.63, 3.8) is 0 Å². The molecule has 0 amide bonds. The molecule has 7 heteroatoms. The summed E-state index contributed by atoms with van der Waals surface area (Å²) >= 11 is 1.36. The predicted molar refractivity (Wildman–Crippen MR) is 70.2 cm³/mol. The third-order valence-electron chi connectivity index (χ3n) is 2.57. The first kappa shape index (κ1) is 12.7. The lowest BCUT2D eigenvalue weighted by molar-refractivity contribution is 0.877. The quantitative estimate of drug-likeness (QED) is 0.493. The standard InChI is InChI=1S/C11H14N6S/c1-6-7(2)14-11(15-8(6)3)18-10-5-13-4-9(16-10)17-12/h4-5H,12H2,1-3H3,(H,16,17). The van der Waals surface area contributed by atoms with Gasteiger partial charge in [-0.05, 0) is 38.1 Å². The minimum Gasteiger partial charge on any atom is -0.307 e. The van der Waals surface area contributed by atoms with Crippen molar-refractivity contribution >= 4 is 17.6 Å². The van der Waals surface area contributed by atoms with Crippen molar-refractivity contribution < 1.29 is 0 Å². The van der Waals surface area contributed by atoms with Crippen LogP contribution in [-0.4, -0.2) is 19.9 Å². The van der Waals surface area contributed by atoms with E-state index in [0.717, 1.165) is 17.0 Å². The van der Waals surface area contributed by atoms with Crippen molar-refractivity contribution in [2.45, 2.75) is 31.0 Å². The van der Waals surface area contributed by atoms with Crippen molar-refractivity contribution in [3.05, 3.63) is 29.3 Å². The fourth-order valence-electron chi connectivity index (χ4n) is 1.35. The van der Waals surface area contributed by atoms with Gasteiger partial charge in [0.15, 0.2) is 11.0 Å². The van der Waals surface area contributed by atoms with Gasteiger partial charge >= 0.3 is 0 Å². The maximum atomic E-state index is 5.29. The molecule has 2 rings (SSSR count). The molecule has 0 aliphatic heterocycles. The summed E-state index contributed by atoms with van der Waals surface area (Å²) in [7, 11) is 0. The molecule has 0 bridgehead atoms. The van der Waals surface area contributed by atoms with Crippen LogP contribution in [0.25, 0.3) is 0 Å². The number of nitrogens with zero attached hydrogens (tertiary/aromatic N) is 4. The number of anilines is 1. The van der Waals surface area contributed by atoms with Gasteiger partial charge in [0.1, 0.15) is 5.03 Å². The molecule has 2 aromatic heterocycles. The summed E-state index contributed by atoms with van der Waals surface area (Å²) in [4.78, 5) is 17.1. The molecule has 0 saturated carbocycles. The summed E-state index contributed by atoms with van der Waals surface area (Å²) in [5.41, 5.74) is 5.53. The summed E-state index contributed by atoms with van der Waals surface area (Å²) < 4.78 is 0. The normalized spacial score (nSPS) is 10.4. The Morgan fingerprint density at radius 1 is 1.06 bits per heavy atom. The van der Waals surface area contributed by atoms with Crippen molar-refractivity contribution in [3.8, 4) is 0 Å². The number of nitrogens with two attached hydrogens (primary N) is 1. The molecule has 18 heavy (non-hydrogen) atoms. The topological polar surface area (TPSA) is 89.6 Å². The molecule has 2 aromatic rings. The van der Waals surface area contributed by atoms with Crippen LogP contribution in [0.15, 0.2) is 22.6 Å². The lowest BCUT2D eigenvalue weighted by Gasteiger charge is -2.06. The molecule has 0 saturated heterocycles. The Morgan fingerprint density at radius 2 is 1.72 bits per heavy atom. The molecule has 0 aromatic carbocycles. The Balaban J connectivity index is 2.28. The number of hydrogen-bond donors (Lipinski definition) is 2. The maximum absolute atomic E-state index is 5.29. The molecule has 0 aliphatic rings. The molecule has 6 nitrogen and oxygen atoms in total. The van der Waals surface area contributed by atoms with Gasteiger partial charge in [-0.3, -0.25) is 4.98 Å². The molecular weight excluding hydrogens is 248 g/mol. The van der Waals surface area contributed by atoms with Crippen LogP contribution in [0, 0.1) is 20.8 Å². The molecule has 0 fully saturated rings. The molecule has 0 atom stereocenters. The molecule has 3 N–H and O–H groups in total. The molecular formula is C11H14N6S. The number of nitrogen functional groups attached to an aromatic ring is 1. The van der Waals surface area contributed by atoms with Gasteiger partial charge in [0.25, 0.3) is 0 Å². The van der Waals surface area contributed by atoms with Gasteiger partial charge in [0.05, 0.1) is 12.4 Å². The zero-order valence-electron chi connectivity index (χ0n) is 10.4. The Kier molecular flexibility index (Phi) is 3.73. The first-order valence-corrected chi connectivity index (χ1v) is 6.20. The smallest absolute Gasteiger partial charge is 0.194 e. The number of aromatic nitrogens is 4. The Bertz CT molecular complexity index is 548. The van der Waals surface area contributed by atoms with Gasteiger partial charge in [-0.25, -0.2) is 20.8 Å². The summed E-state index contributed by atoms with van der Waals surface area (Å²) in [5.74, 6) is 5.80. The first-order valence-electron chi connectivity index (χ1n) is 5.38. The summed E-state index contributed by atoms with van der Waals surface area (Å²) in [5, 5.41) is 1.37. The molecule has 2 heterocycles. The summed E-state index contributed by atoms with van der Waals surface area (Å²) in [6, 6.07) is 0. The average molecular weight is 262 g/mol. The zero-order chi connectivity index (χ0) is 13.1. The van der Waals surface area contributed by atoms with E-state index in [1.807, 2.05) is 20.8 Å². The number of hydrazine groups is 1. The van der Waals surface area contributed by atoms with Gasteiger partial charge in [-0.15, -0.1) is 0 Å². The van der Waals surface area contributed by atoms with Gasteiger partial charge in [0, 0.05) is 11.4 Å². The van der Waals surface area contributed by atoms with Crippen molar-refractivity contribution in [2.75, 3.05) is 5.43 Å². The van der Waals surface area contributed by atoms with E-state index in [2.05, 4.69) is 25.4 Å². The first-order chi connectivity index (χ1) is 8.60. The Labute approximate surface area is 109 Å². The van der Waals surface area contributed by atoms with Crippen LogP contribution in [0.4, 0.5) is 5.82 Å². The lowest BCUT2D eigenvalue weighted by atomic mass is 10.2. The number of hydrogen-bond acceptors (Lipinski definition) is 7. The minimum absolute atomic E-state index is 0.514. The van der Waals surface area contributed by atoms with Crippen LogP contribution in [0.3, 0.4) is 0 Å². The van der Waals surface area contributed by atoms with Crippen LogP contribution in [0.1, 0.15) is 17.0 Å². The van der Waals surface area contributed by atoms with Crippen molar-refractivity contribution in [1.29, 1.82) is 0 Å². The SMILES string of the molecule is Cc1nc(Sc2cncc(NN)n2)nc(C)c1C. The highest BCUT2D eigenvalue weighted by molar-refractivity contribution is 7.99. The molecule has 0 unspecified atom stereocenters. The highest BCUT2D eigenvalue weighted by Crippen LogP contribution is 2.24. The Morgan fingerprint density at radius 3 is 2.33 bits per heavy atom. The average Bonchev–Trinajstić information content (AvgIpc) is 2.36. The van der Waals surface area contributed by atoms with E-state index >= 15 is 0 Å². The zero-order valence-corrected chi connectivity index (χ0v) is 11.2. The van der Waals surface area contributed by atoms with Crippen LogP contribution < -0.4 is 11.3 Å². The Hall–Kier alpha value is -1.73. The third-order valence-corrected chi connectivity index (χ3v) is 3.34. The predicted octanol–water partition coefficient (Wildman–Crippen LogP) is 1.63. The highest BCUT2D eigenvalue weighted by Gasteiger charge is 2.07. The molecule has 0 aliphatic carbocycles. The summed E-state index contributed by atoms with van der Waals surface area (Å²) in [6.07, 6.45) is 3.20. The van der Waals surface area contributed by atoms with E-state index in [-0.39, 0.29) is 0 Å². The summed E-state index contributed by atoms with van der Waals surface area (Å²) in [6.45, 7) is 5.95. The van der Waals surface area contributed by atoms with E-state index in [1.54, 1.807) is 12.4 Å². The minimum atomic E-state index is 0.514. The van der Waals surface area contributed by atoms with E-state index in [4.69, 9.17) is 5.84 Å². The molecule has 0 spiro atoms. The number of nitrogens with one attached hydrogen (secondary N) is 1. The van der Waals surface area contributed by atoms with Crippen LogP contribution in [0.2, 0.25) is 0 Å². The largest absolute Gasteiger partial charge is 0.307 e. The third kappa shape index (κ3) is 2.74. The van der Waals surface area contributed by atoms with Crippen LogP contribution >= 0.6 is 11.8 Å². The van der Waals surface area contributed by atoms with Crippen molar-refractivity contribution in [1.82, 2.24) is 19.9 Å². The van der Waals surface area contributed by atoms with E-state index in [1.165, 1.54) is 11.8 Å². The second kappa shape index (κ2) is 5.28. The van der Waals surface area contributed by atoms with Gasteiger partial charge in [-0.1, -0.05) is 0 Å². The van der Waals surface area contributed by atoms with Gasteiger partial charge < -0.3 is 5.43 Å². The molecule has 94 valence electrons. The highest BCUT2D eigenvalue weighted by atomic mass is 32.2. The second-order valence-corrected chi connectivity index (χ2v) is 4.78. The monoisotopic (exact) mass is 262 g/mol. The van der Waals surface area contributed by atoms with Crippen LogP contribution in [0.5, 0.6) is 0 Å². The lowest BCUT2D eigenvalue weighted by Crippen LogP contribution is -2.09. The fraction of sp³-hybridized carbons (Fsp3) is 0.273. The number of aryl methyl sites for hydroxylation is 2. The number of rotatable bonds is 3. The van der Waals surface area contributed by atoms with Gasteiger partial charge in [0.2, 0.25) is 0 Å². The van der Waals surface area contributed by atoms with E-state index < -0.39 is 0 Å². The van der Waals surface area contributed by atoms with E-state index in [9.17, 15) is 0 Å².